The third kappa shape index (κ3) is 1.93. The molecule has 0 bridgehead atoms. The van der Waals surface area contributed by atoms with Gasteiger partial charge in [-0.25, -0.2) is 4.39 Å². The van der Waals surface area contributed by atoms with Gasteiger partial charge in [-0.05, 0) is 52.7 Å². The van der Waals surface area contributed by atoms with Crippen molar-refractivity contribution in [3.8, 4) is 11.3 Å². The van der Waals surface area contributed by atoms with Crippen LogP contribution in [0.3, 0.4) is 0 Å². The molecule has 2 rings (SSSR count). The monoisotopic (exact) mass is 282 g/mol. The summed E-state index contributed by atoms with van der Waals surface area (Å²) in [5.41, 5.74) is 1.39. The SMILES string of the molecule is Cc1cc(F)c(Br)c(-c2ccc(C=O)o2)c1. The van der Waals surface area contributed by atoms with E-state index in [0.29, 0.717) is 22.1 Å². The highest BCUT2D eigenvalue weighted by Gasteiger charge is 2.12. The zero-order valence-electron chi connectivity index (χ0n) is 8.46. The van der Waals surface area contributed by atoms with Crippen LogP contribution in [0.2, 0.25) is 0 Å². The quantitative estimate of drug-likeness (QED) is 0.781. The van der Waals surface area contributed by atoms with Gasteiger partial charge in [-0.2, -0.15) is 0 Å². The molecule has 2 nitrogen and oxygen atoms in total. The van der Waals surface area contributed by atoms with E-state index in [0.717, 1.165) is 5.56 Å². The van der Waals surface area contributed by atoms with Gasteiger partial charge in [0, 0.05) is 5.56 Å². The first-order valence-electron chi connectivity index (χ1n) is 4.63. The van der Waals surface area contributed by atoms with E-state index in [2.05, 4.69) is 15.9 Å². The predicted octanol–water partition coefficient (Wildman–Crippen LogP) is 3.97. The minimum atomic E-state index is -0.348. The van der Waals surface area contributed by atoms with Crippen molar-refractivity contribution in [3.63, 3.8) is 0 Å². The lowest BCUT2D eigenvalue weighted by Gasteiger charge is -2.04. The van der Waals surface area contributed by atoms with Crippen molar-refractivity contribution in [2.75, 3.05) is 0 Å². The Labute approximate surface area is 100 Å². The second-order valence-electron chi connectivity index (χ2n) is 3.43. The lowest BCUT2D eigenvalue weighted by Crippen LogP contribution is -1.85. The minimum absolute atomic E-state index is 0.226. The Bertz CT molecular complexity index is 546. The average molecular weight is 283 g/mol. The van der Waals surface area contributed by atoms with Crippen molar-refractivity contribution >= 4 is 22.2 Å². The van der Waals surface area contributed by atoms with E-state index in [1.165, 1.54) is 6.07 Å². The molecule has 0 radical (unpaired) electrons. The smallest absolute Gasteiger partial charge is 0.185 e. The third-order valence-electron chi connectivity index (χ3n) is 2.18. The molecule has 0 amide bonds. The number of halogens is 2. The van der Waals surface area contributed by atoms with Crippen LogP contribution in [0, 0.1) is 12.7 Å². The molecular weight excluding hydrogens is 275 g/mol. The Balaban J connectivity index is 2.58. The van der Waals surface area contributed by atoms with Gasteiger partial charge in [0.15, 0.2) is 12.0 Å². The molecule has 82 valence electrons. The van der Waals surface area contributed by atoms with E-state index >= 15 is 0 Å². The van der Waals surface area contributed by atoms with Gasteiger partial charge in [-0.15, -0.1) is 0 Å². The molecule has 0 spiro atoms. The van der Waals surface area contributed by atoms with Crippen LogP contribution < -0.4 is 0 Å². The minimum Gasteiger partial charge on any atom is -0.453 e. The molecule has 2 aromatic rings. The highest BCUT2D eigenvalue weighted by molar-refractivity contribution is 9.10. The van der Waals surface area contributed by atoms with Crippen molar-refractivity contribution in [1.82, 2.24) is 0 Å². The Morgan fingerprint density at radius 3 is 2.75 bits per heavy atom. The van der Waals surface area contributed by atoms with Crippen LogP contribution in [0.25, 0.3) is 11.3 Å². The summed E-state index contributed by atoms with van der Waals surface area (Å²) in [6, 6.07) is 6.41. The highest BCUT2D eigenvalue weighted by Crippen LogP contribution is 2.32. The van der Waals surface area contributed by atoms with Gasteiger partial charge < -0.3 is 4.42 Å². The molecule has 1 heterocycles. The molecule has 0 atom stereocenters. The summed E-state index contributed by atoms with van der Waals surface area (Å²) < 4.78 is 19.0. The van der Waals surface area contributed by atoms with Crippen LogP contribution in [-0.4, -0.2) is 6.29 Å². The topological polar surface area (TPSA) is 30.2 Å². The number of rotatable bonds is 2. The van der Waals surface area contributed by atoms with Crippen LogP contribution >= 0.6 is 15.9 Å². The Kier molecular flexibility index (Phi) is 2.92. The summed E-state index contributed by atoms with van der Waals surface area (Å²) >= 11 is 3.16. The molecule has 0 aliphatic carbocycles. The molecular formula is C12H8BrFO2. The molecule has 0 aliphatic heterocycles. The summed E-state index contributed by atoms with van der Waals surface area (Å²) in [5.74, 6) is 0.347. The van der Waals surface area contributed by atoms with Crippen molar-refractivity contribution in [2.24, 2.45) is 0 Å². The van der Waals surface area contributed by atoms with Crippen LogP contribution in [-0.2, 0) is 0 Å². The average Bonchev–Trinajstić information content (AvgIpc) is 2.71. The standard InChI is InChI=1S/C12H8BrFO2/c1-7-4-9(12(13)10(14)5-7)11-3-2-8(6-15)16-11/h2-6H,1H3. The number of carbonyl (C=O) groups excluding carboxylic acids is 1. The maximum absolute atomic E-state index is 13.5. The lowest BCUT2D eigenvalue weighted by atomic mass is 10.1. The number of carbonyl (C=O) groups is 1. The number of aryl methyl sites for hydroxylation is 1. The van der Waals surface area contributed by atoms with E-state index in [9.17, 15) is 9.18 Å². The zero-order valence-corrected chi connectivity index (χ0v) is 10.0. The normalized spacial score (nSPS) is 10.4. The molecule has 1 aromatic heterocycles. The van der Waals surface area contributed by atoms with Gasteiger partial charge >= 0.3 is 0 Å². The fourth-order valence-corrected chi connectivity index (χ4v) is 1.89. The zero-order chi connectivity index (χ0) is 11.7. The fourth-order valence-electron chi connectivity index (χ4n) is 1.46. The summed E-state index contributed by atoms with van der Waals surface area (Å²) in [6.07, 6.45) is 0.615. The van der Waals surface area contributed by atoms with E-state index in [-0.39, 0.29) is 11.6 Å². The number of hydrogen-bond acceptors (Lipinski definition) is 2. The molecule has 4 heteroatoms. The molecule has 0 fully saturated rings. The first-order chi connectivity index (χ1) is 7.61. The van der Waals surface area contributed by atoms with Crippen molar-refractivity contribution in [1.29, 1.82) is 0 Å². The largest absolute Gasteiger partial charge is 0.453 e. The van der Waals surface area contributed by atoms with Crippen LogP contribution in [0.1, 0.15) is 16.1 Å². The molecule has 0 saturated carbocycles. The van der Waals surface area contributed by atoms with Crippen LogP contribution in [0.15, 0.2) is 33.2 Å². The number of benzene rings is 1. The lowest BCUT2D eigenvalue weighted by molar-refractivity contribution is 0.110. The first kappa shape index (κ1) is 11.1. The maximum Gasteiger partial charge on any atom is 0.185 e. The van der Waals surface area contributed by atoms with E-state index in [1.54, 1.807) is 25.1 Å². The first-order valence-corrected chi connectivity index (χ1v) is 5.42. The molecule has 0 unspecified atom stereocenters. The number of furan rings is 1. The highest BCUT2D eigenvalue weighted by atomic mass is 79.9. The van der Waals surface area contributed by atoms with Gasteiger partial charge in [0.1, 0.15) is 11.6 Å². The van der Waals surface area contributed by atoms with Gasteiger partial charge in [0.05, 0.1) is 4.47 Å². The van der Waals surface area contributed by atoms with E-state index in [1.807, 2.05) is 0 Å². The summed E-state index contributed by atoms with van der Waals surface area (Å²) in [4.78, 5) is 10.5. The molecule has 0 aliphatic rings. The Morgan fingerprint density at radius 2 is 2.12 bits per heavy atom. The van der Waals surface area contributed by atoms with Crippen LogP contribution in [0.5, 0.6) is 0 Å². The number of aldehydes is 1. The molecule has 16 heavy (non-hydrogen) atoms. The Morgan fingerprint density at radius 1 is 1.38 bits per heavy atom. The molecule has 0 saturated heterocycles. The third-order valence-corrected chi connectivity index (χ3v) is 2.99. The molecule has 0 N–H and O–H groups in total. The van der Waals surface area contributed by atoms with Crippen molar-refractivity contribution < 1.29 is 13.6 Å². The maximum atomic E-state index is 13.5. The van der Waals surface area contributed by atoms with E-state index in [4.69, 9.17) is 4.42 Å². The van der Waals surface area contributed by atoms with Gasteiger partial charge in [-0.3, -0.25) is 4.79 Å². The van der Waals surface area contributed by atoms with Gasteiger partial charge in [0.2, 0.25) is 0 Å². The predicted molar refractivity (Wildman–Crippen MR) is 61.9 cm³/mol. The van der Waals surface area contributed by atoms with E-state index < -0.39 is 0 Å². The van der Waals surface area contributed by atoms with Crippen LogP contribution in [0.4, 0.5) is 4.39 Å². The van der Waals surface area contributed by atoms with Gasteiger partial charge in [0.25, 0.3) is 0 Å². The fraction of sp³-hybridized carbons (Fsp3) is 0.0833. The van der Waals surface area contributed by atoms with Crippen molar-refractivity contribution in [3.05, 3.63) is 45.9 Å². The second kappa shape index (κ2) is 4.22. The second-order valence-corrected chi connectivity index (χ2v) is 4.22. The van der Waals surface area contributed by atoms with Crippen molar-refractivity contribution in [2.45, 2.75) is 6.92 Å². The summed E-state index contributed by atoms with van der Waals surface area (Å²) in [6.45, 7) is 1.79. The summed E-state index contributed by atoms with van der Waals surface area (Å²) in [7, 11) is 0. The summed E-state index contributed by atoms with van der Waals surface area (Å²) in [5, 5.41) is 0. The van der Waals surface area contributed by atoms with Gasteiger partial charge in [-0.1, -0.05) is 0 Å². The number of hydrogen-bond donors (Lipinski definition) is 0. The Hall–Kier alpha value is -1.42. The molecule has 1 aromatic carbocycles.